The minimum absolute atomic E-state index is 0.0344. The molecule has 1 saturated heterocycles. The van der Waals surface area contributed by atoms with Crippen LogP contribution in [0, 0.1) is 5.92 Å². The van der Waals surface area contributed by atoms with E-state index in [1.165, 1.54) is 32.1 Å². The van der Waals surface area contributed by atoms with Crippen LogP contribution in [0.25, 0.3) is 5.65 Å². The van der Waals surface area contributed by atoms with Crippen molar-refractivity contribution in [3.8, 4) is 0 Å². The molecular weight excluding hydrogens is 340 g/mol. The summed E-state index contributed by atoms with van der Waals surface area (Å²) < 4.78 is 8.28. The van der Waals surface area contributed by atoms with Gasteiger partial charge in [-0.05, 0) is 51.3 Å². The van der Waals surface area contributed by atoms with Gasteiger partial charge in [0.2, 0.25) is 0 Å². The molecule has 4 rings (SSSR count). The van der Waals surface area contributed by atoms with E-state index in [2.05, 4.69) is 29.2 Å². The summed E-state index contributed by atoms with van der Waals surface area (Å²) in [4.78, 5) is 19.5. The topological polar surface area (TPSA) is 58.9 Å². The standard InChI is InChI=1S/C21H30N4O2/c1-21(27-15-16-8-4-3-5-9-16)18(11-13-24(21)2)23-20(26)17-14-22-19-10-6-7-12-25(17)19/h6-7,10,12,14,16,18H,3-5,8-9,11,13,15H2,1-2H3,(H,23,26)/t18-,21?/m0/s1. The molecule has 1 aliphatic carbocycles. The highest BCUT2D eigenvalue weighted by atomic mass is 16.5. The van der Waals surface area contributed by atoms with Crippen LogP contribution in [0.2, 0.25) is 0 Å². The molecule has 1 amide bonds. The number of hydrogen-bond donors (Lipinski definition) is 1. The van der Waals surface area contributed by atoms with E-state index in [4.69, 9.17) is 4.74 Å². The normalized spacial score (nSPS) is 27.3. The number of likely N-dealkylation sites (N-methyl/N-ethyl adjacent to an activating group) is 1. The molecule has 1 N–H and O–H groups in total. The van der Waals surface area contributed by atoms with Gasteiger partial charge < -0.3 is 10.1 Å². The number of nitrogens with one attached hydrogen (secondary N) is 1. The van der Waals surface area contributed by atoms with Crippen molar-refractivity contribution in [2.24, 2.45) is 5.92 Å². The lowest BCUT2D eigenvalue weighted by molar-refractivity contribution is -0.136. The number of amides is 1. The second-order valence-electron chi connectivity index (χ2n) is 8.18. The number of aromatic nitrogens is 2. The molecule has 1 aliphatic heterocycles. The second kappa shape index (κ2) is 7.60. The molecule has 3 heterocycles. The predicted octanol–water partition coefficient (Wildman–Crippen LogP) is 3.08. The molecule has 2 aliphatic rings. The Morgan fingerprint density at radius 2 is 2.11 bits per heavy atom. The number of hydrogen-bond acceptors (Lipinski definition) is 4. The van der Waals surface area contributed by atoms with Crippen molar-refractivity contribution in [3.05, 3.63) is 36.3 Å². The van der Waals surface area contributed by atoms with E-state index in [1.807, 2.05) is 28.8 Å². The Bertz CT molecular complexity index is 798. The highest BCUT2D eigenvalue weighted by molar-refractivity contribution is 5.93. The van der Waals surface area contributed by atoms with Gasteiger partial charge in [-0.15, -0.1) is 0 Å². The predicted molar refractivity (Wildman–Crippen MR) is 105 cm³/mol. The van der Waals surface area contributed by atoms with E-state index in [9.17, 15) is 4.79 Å². The number of nitrogens with zero attached hydrogens (tertiary/aromatic N) is 3. The fourth-order valence-corrected chi connectivity index (χ4v) is 4.47. The van der Waals surface area contributed by atoms with Crippen LogP contribution < -0.4 is 5.32 Å². The Kier molecular flexibility index (Phi) is 5.19. The number of rotatable bonds is 5. The zero-order valence-corrected chi connectivity index (χ0v) is 16.4. The fourth-order valence-electron chi connectivity index (χ4n) is 4.47. The minimum atomic E-state index is -0.465. The smallest absolute Gasteiger partial charge is 0.270 e. The number of carbonyl (C=O) groups is 1. The highest BCUT2D eigenvalue weighted by Gasteiger charge is 2.45. The third-order valence-electron chi connectivity index (χ3n) is 6.45. The molecule has 2 aromatic rings. The van der Waals surface area contributed by atoms with Crippen molar-refractivity contribution in [2.45, 2.75) is 57.2 Å². The monoisotopic (exact) mass is 370 g/mol. The average molecular weight is 370 g/mol. The van der Waals surface area contributed by atoms with Crippen LogP contribution in [0.4, 0.5) is 0 Å². The largest absolute Gasteiger partial charge is 0.358 e. The van der Waals surface area contributed by atoms with E-state index in [1.54, 1.807) is 6.20 Å². The number of ether oxygens (including phenoxy) is 1. The van der Waals surface area contributed by atoms with Gasteiger partial charge in [-0.25, -0.2) is 4.98 Å². The lowest BCUT2D eigenvalue weighted by Gasteiger charge is -2.39. The molecule has 2 aromatic heterocycles. The molecule has 0 aromatic carbocycles. The third kappa shape index (κ3) is 3.60. The fraction of sp³-hybridized carbons (Fsp3) is 0.619. The van der Waals surface area contributed by atoms with Gasteiger partial charge >= 0.3 is 0 Å². The summed E-state index contributed by atoms with van der Waals surface area (Å²) in [5.74, 6) is 0.557. The summed E-state index contributed by atoms with van der Waals surface area (Å²) >= 11 is 0. The maximum absolute atomic E-state index is 12.9. The molecule has 1 unspecified atom stereocenters. The van der Waals surface area contributed by atoms with E-state index in [0.717, 1.165) is 25.2 Å². The van der Waals surface area contributed by atoms with Gasteiger partial charge in [-0.2, -0.15) is 0 Å². The Morgan fingerprint density at radius 3 is 2.93 bits per heavy atom. The third-order valence-corrected chi connectivity index (χ3v) is 6.45. The van der Waals surface area contributed by atoms with Gasteiger partial charge in [0.1, 0.15) is 17.1 Å². The van der Waals surface area contributed by atoms with Gasteiger partial charge in [-0.3, -0.25) is 14.1 Å². The van der Waals surface area contributed by atoms with E-state index in [0.29, 0.717) is 11.6 Å². The average Bonchev–Trinajstić information content (AvgIpc) is 3.24. The summed E-state index contributed by atoms with van der Waals surface area (Å²) in [6, 6.07) is 5.70. The van der Waals surface area contributed by atoms with Crippen LogP contribution in [0.1, 0.15) is 55.9 Å². The van der Waals surface area contributed by atoms with Gasteiger partial charge in [-0.1, -0.05) is 25.3 Å². The summed E-state index contributed by atoms with van der Waals surface area (Å²) in [6.45, 7) is 3.81. The molecule has 146 valence electrons. The Balaban J connectivity index is 1.45. The number of fused-ring (bicyclic) bond motifs is 1. The highest BCUT2D eigenvalue weighted by Crippen LogP contribution is 2.32. The number of carbonyl (C=O) groups excluding carboxylic acids is 1. The van der Waals surface area contributed by atoms with E-state index >= 15 is 0 Å². The first kappa shape index (κ1) is 18.4. The first-order chi connectivity index (χ1) is 13.1. The van der Waals surface area contributed by atoms with Gasteiger partial charge in [0.25, 0.3) is 5.91 Å². The number of likely N-dealkylation sites (tertiary alicyclic amines) is 1. The van der Waals surface area contributed by atoms with Crippen molar-refractivity contribution >= 4 is 11.6 Å². The van der Waals surface area contributed by atoms with E-state index < -0.39 is 5.72 Å². The van der Waals surface area contributed by atoms with Crippen molar-refractivity contribution in [1.29, 1.82) is 0 Å². The van der Waals surface area contributed by atoms with E-state index in [-0.39, 0.29) is 11.9 Å². The molecule has 2 fully saturated rings. The van der Waals surface area contributed by atoms with Crippen LogP contribution in [0.15, 0.2) is 30.6 Å². The first-order valence-corrected chi connectivity index (χ1v) is 10.2. The molecule has 6 heteroatoms. The zero-order chi connectivity index (χ0) is 18.9. The Labute approximate surface area is 160 Å². The van der Waals surface area contributed by atoms with Gasteiger partial charge in [0.15, 0.2) is 0 Å². The van der Waals surface area contributed by atoms with Crippen molar-refractivity contribution in [1.82, 2.24) is 19.6 Å². The summed E-state index contributed by atoms with van der Waals surface area (Å²) in [7, 11) is 2.08. The zero-order valence-electron chi connectivity index (χ0n) is 16.4. The Morgan fingerprint density at radius 1 is 1.30 bits per heavy atom. The number of pyridine rings is 1. The molecule has 0 spiro atoms. The van der Waals surface area contributed by atoms with Gasteiger partial charge in [0.05, 0.1) is 18.8 Å². The maximum Gasteiger partial charge on any atom is 0.270 e. The van der Waals surface area contributed by atoms with Crippen molar-refractivity contribution in [2.75, 3.05) is 20.2 Å². The van der Waals surface area contributed by atoms with Crippen molar-refractivity contribution < 1.29 is 9.53 Å². The van der Waals surface area contributed by atoms with Crippen molar-refractivity contribution in [3.63, 3.8) is 0 Å². The lowest BCUT2D eigenvalue weighted by atomic mass is 9.90. The van der Waals surface area contributed by atoms with Crippen LogP contribution in [0.3, 0.4) is 0 Å². The Hall–Kier alpha value is -1.92. The SMILES string of the molecule is CN1CC[C@H](NC(=O)c2cnc3ccccn23)C1(C)OCC1CCCCC1. The summed E-state index contributed by atoms with van der Waals surface area (Å²) in [6.07, 6.45) is 10.9. The second-order valence-corrected chi connectivity index (χ2v) is 8.18. The van der Waals surface area contributed by atoms with Crippen LogP contribution >= 0.6 is 0 Å². The van der Waals surface area contributed by atoms with Crippen LogP contribution in [-0.2, 0) is 4.74 Å². The number of imidazole rings is 1. The first-order valence-electron chi connectivity index (χ1n) is 10.2. The molecule has 6 nitrogen and oxygen atoms in total. The minimum Gasteiger partial charge on any atom is -0.358 e. The summed E-state index contributed by atoms with van der Waals surface area (Å²) in [5, 5.41) is 3.22. The maximum atomic E-state index is 12.9. The molecule has 2 atom stereocenters. The molecular formula is C21H30N4O2. The van der Waals surface area contributed by atoms with Crippen LogP contribution in [0.5, 0.6) is 0 Å². The molecule has 1 saturated carbocycles. The van der Waals surface area contributed by atoms with Gasteiger partial charge in [0, 0.05) is 12.7 Å². The lowest BCUT2D eigenvalue weighted by Crippen LogP contribution is -2.55. The summed E-state index contributed by atoms with van der Waals surface area (Å²) in [5.41, 5.74) is 0.880. The molecule has 0 radical (unpaired) electrons. The molecule has 0 bridgehead atoms. The molecule has 27 heavy (non-hydrogen) atoms. The quantitative estimate of drug-likeness (QED) is 0.879. The van der Waals surface area contributed by atoms with Crippen LogP contribution in [-0.4, -0.2) is 52.2 Å².